The van der Waals surface area contributed by atoms with Gasteiger partial charge < -0.3 is 10.1 Å². The van der Waals surface area contributed by atoms with Crippen LogP contribution in [0.3, 0.4) is 0 Å². The van der Waals surface area contributed by atoms with Crippen LogP contribution in [-0.2, 0) is 11.2 Å². The summed E-state index contributed by atoms with van der Waals surface area (Å²) in [4.78, 5) is 15.7. The van der Waals surface area contributed by atoms with Crippen LogP contribution in [0.4, 0.5) is 5.82 Å². The van der Waals surface area contributed by atoms with E-state index in [9.17, 15) is 4.79 Å². The number of aryl methyl sites for hydroxylation is 1. The van der Waals surface area contributed by atoms with E-state index >= 15 is 0 Å². The number of amides is 1. The zero-order chi connectivity index (χ0) is 13.0. The maximum absolute atomic E-state index is 11.8. The van der Waals surface area contributed by atoms with Crippen molar-refractivity contribution in [3.63, 3.8) is 0 Å². The normalized spacial score (nSPS) is 10.1. The van der Waals surface area contributed by atoms with Gasteiger partial charge in [-0.25, -0.2) is 4.98 Å². The SMILES string of the molecule is COc1cc(CC(=O)Nc2cc(C)[nH]n2)ccn1. The molecule has 0 saturated carbocycles. The maximum atomic E-state index is 11.8. The number of methoxy groups -OCH3 is 1. The van der Waals surface area contributed by atoms with E-state index in [1.807, 2.05) is 6.92 Å². The van der Waals surface area contributed by atoms with Crippen LogP contribution in [-0.4, -0.2) is 28.2 Å². The molecule has 0 bridgehead atoms. The average molecular weight is 246 g/mol. The van der Waals surface area contributed by atoms with E-state index in [1.54, 1.807) is 31.5 Å². The molecule has 2 aromatic rings. The molecule has 0 saturated heterocycles. The summed E-state index contributed by atoms with van der Waals surface area (Å²) in [5, 5.41) is 9.40. The van der Waals surface area contributed by atoms with Crippen LogP contribution < -0.4 is 10.1 Å². The Morgan fingerprint density at radius 1 is 1.50 bits per heavy atom. The predicted octanol–water partition coefficient (Wildman–Crippen LogP) is 1.30. The van der Waals surface area contributed by atoms with Gasteiger partial charge >= 0.3 is 0 Å². The van der Waals surface area contributed by atoms with Crippen LogP contribution in [0.2, 0.25) is 0 Å². The first-order valence-corrected chi connectivity index (χ1v) is 5.48. The fourth-order valence-corrected chi connectivity index (χ4v) is 1.53. The number of aromatic nitrogens is 3. The monoisotopic (exact) mass is 246 g/mol. The third-order valence-corrected chi connectivity index (χ3v) is 2.35. The Morgan fingerprint density at radius 3 is 3.00 bits per heavy atom. The Morgan fingerprint density at radius 2 is 2.33 bits per heavy atom. The van der Waals surface area contributed by atoms with Crippen molar-refractivity contribution < 1.29 is 9.53 Å². The molecule has 94 valence electrons. The van der Waals surface area contributed by atoms with E-state index in [2.05, 4.69) is 20.5 Å². The molecule has 2 heterocycles. The Balaban J connectivity index is 1.98. The van der Waals surface area contributed by atoms with Gasteiger partial charge in [-0.3, -0.25) is 9.89 Å². The lowest BCUT2D eigenvalue weighted by Crippen LogP contribution is -2.14. The largest absolute Gasteiger partial charge is 0.481 e. The van der Waals surface area contributed by atoms with Crippen molar-refractivity contribution >= 4 is 11.7 Å². The quantitative estimate of drug-likeness (QED) is 0.852. The van der Waals surface area contributed by atoms with E-state index in [0.717, 1.165) is 11.3 Å². The van der Waals surface area contributed by atoms with E-state index < -0.39 is 0 Å². The van der Waals surface area contributed by atoms with Gasteiger partial charge in [-0.15, -0.1) is 0 Å². The number of rotatable bonds is 4. The Kier molecular flexibility index (Phi) is 3.57. The first-order chi connectivity index (χ1) is 8.67. The third-order valence-electron chi connectivity index (χ3n) is 2.35. The van der Waals surface area contributed by atoms with Gasteiger partial charge in [-0.1, -0.05) is 0 Å². The minimum absolute atomic E-state index is 0.130. The molecule has 2 N–H and O–H groups in total. The minimum Gasteiger partial charge on any atom is -0.481 e. The molecule has 0 fully saturated rings. The molecule has 2 rings (SSSR count). The molecule has 0 aromatic carbocycles. The van der Waals surface area contributed by atoms with Crippen molar-refractivity contribution in [2.24, 2.45) is 0 Å². The summed E-state index contributed by atoms with van der Waals surface area (Å²) in [6, 6.07) is 5.28. The van der Waals surface area contributed by atoms with Crippen molar-refractivity contribution in [1.29, 1.82) is 0 Å². The van der Waals surface area contributed by atoms with Gasteiger partial charge in [0.05, 0.1) is 13.5 Å². The summed E-state index contributed by atoms with van der Waals surface area (Å²) >= 11 is 0. The number of carbonyl (C=O) groups is 1. The van der Waals surface area contributed by atoms with E-state index in [1.165, 1.54) is 0 Å². The van der Waals surface area contributed by atoms with Crippen molar-refractivity contribution in [3.8, 4) is 5.88 Å². The zero-order valence-corrected chi connectivity index (χ0v) is 10.2. The Labute approximate surface area is 104 Å². The highest BCUT2D eigenvalue weighted by atomic mass is 16.5. The number of carbonyl (C=O) groups excluding carboxylic acids is 1. The zero-order valence-electron chi connectivity index (χ0n) is 10.2. The molecule has 0 aliphatic rings. The first-order valence-electron chi connectivity index (χ1n) is 5.48. The molecule has 0 atom stereocenters. The van der Waals surface area contributed by atoms with Crippen LogP contribution >= 0.6 is 0 Å². The minimum atomic E-state index is -0.130. The standard InChI is InChI=1S/C12H14N4O2/c1-8-5-10(16-15-8)14-11(17)6-9-3-4-13-12(7-9)18-2/h3-5,7H,6H2,1-2H3,(H2,14,15,16,17). The third kappa shape index (κ3) is 3.07. The number of anilines is 1. The molecule has 2 aromatic heterocycles. The van der Waals surface area contributed by atoms with E-state index in [0.29, 0.717) is 11.7 Å². The fourth-order valence-electron chi connectivity index (χ4n) is 1.53. The lowest BCUT2D eigenvalue weighted by Gasteiger charge is -2.03. The van der Waals surface area contributed by atoms with Crippen LogP contribution in [0.5, 0.6) is 5.88 Å². The number of nitrogens with zero attached hydrogens (tertiary/aromatic N) is 2. The topological polar surface area (TPSA) is 79.9 Å². The molecular formula is C12H14N4O2. The fraction of sp³-hybridized carbons (Fsp3) is 0.250. The number of nitrogens with one attached hydrogen (secondary N) is 2. The van der Waals surface area contributed by atoms with Crippen LogP contribution in [0.1, 0.15) is 11.3 Å². The van der Waals surface area contributed by atoms with Gasteiger partial charge in [0.2, 0.25) is 11.8 Å². The highest BCUT2D eigenvalue weighted by Gasteiger charge is 2.07. The van der Waals surface area contributed by atoms with E-state index in [4.69, 9.17) is 4.74 Å². The molecule has 6 nitrogen and oxygen atoms in total. The van der Waals surface area contributed by atoms with Gasteiger partial charge in [-0.2, -0.15) is 5.10 Å². The van der Waals surface area contributed by atoms with E-state index in [-0.39, 0.29) is 12.3 Å². The molecule has 0 unspecified atom stereocenters. The highest BCUT2D eigenvalue weighted by molar-refractivity contribution is 5.91. The molecule has 6 heteroatoms. The summed E-state index contributed by atoms with van der Waals surface area (Å²) in [6.45, 7) is 1.87. The van der Waals surface area contributed by atoms with Gasteiger partial charge in [0, 0.05) is 24.0 Å². The summed E-state index contributed by atoms with van der Waals surface area (Å²) in [7, 11) is 1.54. The number of aromatic amines is 1. The number of ether oxygens (including phenoxy) is 1. The lowest BCUT2D eigenvalue weighted by atomic mass is 10.2. The second-order valence-electron chi connectivity index (χ2n) is 3.87. The molecule has 0 spiro atoms. The van der Waals surface area contributed by atoms with Crippen molar-refractivity contribution in [2.45, 2.75) is 13.3 Å². The van der Waals surface area contributed by atoms with Gasteiger partial charge in [0.25, 0.3) is 0 Å². The molecule has 0 aliphatic heterocycles. The second kappa shape index (κ2) is 5.31. The maximum Gasteiger partial charge on any atom is 0.229 e. The summed E-state index contributed by atoms with van der Waals surface area (Å²) in [5.74, 6) is 0.893. The highest BCUT2D eigenvalue weighted by Crippen LogP contribution is 2.10. The van der Waals surface area contributed by atoms with Crippen LogP contribution in [0.25, 0.3) is 0 Å². The number of hydrogen-bond donors (Lipinski definition) is 2. The predicted molar refractivity (Wildman–Crippen MR) is 66.4 cm³/mol. The molecule has 1 amide bonds. The van der Waals surface area contributed by atoms with Crippen molar-refractivity contribution in [3.05, 3.63) is 35.7 Å². The Bertz CT molecular complexity index is 551. The molecule has 0 radical (unpaired) electrons. The average Bonchev–Trinajstić information content (AvgIpc) is 2.74. The summed E-state index contributed by atoms with van der Waals surface area (Å²) in [6.07, 6.45) is 1.87. The number of H-pyrrole nitrogens is 1. The summed E-state index contributed by atoms with van der Waals surface area (Å²) < 4.78 is 5.00. The van der Waals surface area contributed by atoms with Gasteiger partial charge in [0.1, 0.15) is 0 Å². The van der Waals surface area contributed by atoms with Gasteiger partial charge in [-0.05, 0) is 18.6 Å². The summed E-state index contributed by atoms with van der Waals surface area (Å²) in [5.41, 5.74) is 1.74. The second-order valence-corrected chi connectivity index (χ2v) is 3.87. The number of pyridine rings is 1. The smallest absolute Gasteiger partial charge is 0.229 e. The van der Waals surface area contributed by atoms with Crippen molar-refractivity contribution in [2.75, 3.05) is 12.4 Å². The molecule has 0 aliphatic carbocycles. The Hall–Kier alpha value is -2.37. The number of hydrogen-bond acceptors (Lipinski definition) is 4. The van der Waals surface area contributed by atoms with Gasteiger partial charge in [0.15, 0.2) is 5.82 Å². The van der Waals surface area contributed by atoms with Crippen LogP contribution in [0.15, 0.2) is 24.4 Å². The van der Waals surface area contributed by atoms with Crippen molar-refractivity contribution in [1.82, 2.24) is 15.2 Å². The molecule has 18 heavy (non-hydrogen) atoms. The lowest BCUT2D eigenvalue weighted by molar-refractivity contribution is -0.115. The molecular weight excluding hydrogens is 232 g/mol. The van der Waals surface area contributed by atoms with Crippen LogP contribution in [0, 0.1) is 6.92 Å². The first kappa shape index (κ1) is 12.1.